The molecule has 144 valence electrons. The van der Waals surface area contributed by atoms with Crippen molar-refractivity contribution in [1.82, 2.24) is 16.2 Å². The maximum Gasteiger partial charge on any atom is 0.238 e. The van der Waals surface area contributed by atoms with Crippen LogP contribution in [-0.4, -0.2) is 11.9 Å². The number of benzene rings is 2. The zero-order valence-electron chi connectivity index (χ0n) is 15.4. The Hall–Kier alpha value is -3.09. The highest BCUT2D eigenvalue weighted by Crippen LogP contribution is 2.22. The quantitative estimate of drug-likeness (QED) is 0.590. The second-order valence-electron chi connectivity index (χ2n) is 6.78. The fourth-order valence-electron chi connectivity index (χ4n) is 3.16. The summed E-state index contributed by atoms with van der Waals surface area (Å²) in [6.45, 7) is 1.01. The van der Waals surface area contributed by atoms with Gasteiger partial charge in [0.15, 0.2) is 0 Å². The summed E-state index contributed by atoms with van der Waals surface area (Å²) in [5.41, 5.74) is 8.28. The molecule has 1 fully saturated rings. The first-order valence-corrected chi connectivity index (χ1v) is 9.36. The summed E-state index contributed by atoms with van der Waals surface area (Å²) in [7, 11) is 0. The first-order chi connectivity index (χ1) is 13.8. The Balaban J connectivity index is 1.23. The summed E-state index contributed by atoms with van der Waals surface area (Å²) in [6.07, 6.45) is 2.28. The summed E-state index contributed by atoms with van der Waals surface area (Å²) in [6, 6.07) is 21.3. The van der Waals surface area contributed by atoms with Gasteiger partial charge in [-0.25, -0.2) is 10.9 Å². The first kappa shape index (κ1) is 18.3. The number of carbonyl (C=O) groups excluding carboxylic acids is 1. The zero-order valence-corrected chi connectivity index (χ0v) is 15.4. The molecule has 0 saturated carbocycles. The third-order valence-corrected chi connectivity index (χ3v) is 4.74. The highest BCUT2D eigenvalue weighted by Gasteiger charge is 2.31. The Kier molecular flexibility index (Phi) is 5.70. The van der Waals surface area contributed by atoms with E-state index in [0.717, 1.165) is 22.6 Å². The molecule has 0 radical (unpaired) electrons. The van der Waals surface area contributed by atoms with Gasteiger partial charge in [-0.3, -0.25) is 4.79 Å². The van der Waals surface area contributed by atoms with Crippen molar-refractivity contribution < 1.29 is 13.9 Å². The number of hydrazine groups is 1. The molecular formula is C22H23N3O3. The van der Waals surface area contributed by atoms with Crippen molar-refractivity contribution in [2.24, 2.45) is 0 Å². The average Bonchev–Trinajstić information content (AvgIpc) is 3.44. The van der Waals surface area contributed by atoms with Gasteiger partial charge in [-0.05, 0) is 41.8 Å². The van der Waals surface area contributed by atoms with Crippen molar-refractivity contribution in [1.29, 1.82) is 0 Å². The van der Waals surface area contributed by atoms with Crippen LogP contribution in [0.25, 0.3) is 0 Å². The number of nitrogens with one attached hydrogen (secondary N) is 3. The van der Waals surface area contributed by atoms with Crippen molar-refractivity contribution in [2.75, 3.05) is 0 Å². The standard InChI is InChI=1S/C22H23N3O3/c26-22(20-13-19(24-25-20)21-7-4-12-27-21)23-14-16-8-10-18(11-9-16)28-15-17-5-2-1-3-6-17/h1-12,19-20,24-25H,13-15H2,(H,23,26). The lowest BCUT2D eigenvalue weighted by Gasteiger charge is -2.11. The van der Waals surface area contributed by atoms with Crippen molar-refractivity contribution in [3.8, 4) is 5.75 Å². The van der Waals surface area contributed by atoms with Gasteiger partial charge in [0.2, 0.25) is 5.91 Å². The predicted molar refractivity (Wildman–Crippen MR) is 105 cm³/mol. The van der Waals surface area contributed by atoms with Crippen molar-refractivity contribution >= 4 is 5.91 Å². The molecule has 1 aliphatic rings. The third-order valence-electron chi connectivity index (χ3n) is 4.74. The number of amides is 1. The average molecular weight is 377 g/mol. The minimum atomic E-state index is -0.288. The molecule has 0 aliphatic carbocycles. The Morgan fingerprint density at radius 3 is 2.57 bits per heavy atom. The molecule has 28 heavy (non-hydrogen) atoms. The van der Waals surface area contributed by atoms with Crippen LogP contribution in [0.1, 0.15) is 29.3 Å². The first-order valence-electron chi connectivity index (χ1n) is 9.36. The van der Waals surface area contributed by atoms with Crippen molar-refractivity contribution in [3.05, 3.63) is 89.9 Å². The SMILES string of the molecule is O=C(NCc1ccc(OCc2ccccc2)cc1)C1CC(c2ccco2)NN1. The van der Waals surface area contributed by atoms with E-state index in [0.29, 0.717) is 19.6 Å². The van der Waals surface area contributed by atoms with Gasteiger partial charge in [0.25, 0.3) is 0 Å². The topological polar surface area (TPSA) is 75.5 Å². The van der Waals surface area contributed by atoms with Crippen LogP contribution >= 0.6 is 0 Å². The van der Waals surface area contributed by atoms with Crippen LogP contribution in [0.2, 0.25) is 0 Å². The summed E-state index contributed by atoms with van der Waals surface area (Å²) < 4.78 is 11.2. The van der Waals surface area contributed by atoms with Crippen LogP contribution in [-0.2, 0) is 17.9 Å². The van der Waals surface area contributed by atoms with E-state index < -0.39 is 0 Å². The van der Waals surface area contributed by atoms with Crippen LogP contribution in [0, 0.1) is 0 Å². The fourth-order valence-corrected chi connectivity index (χ4v) is 3.16. The maximum atomic E-state index is 12.4. The van der Waals surface area contributed by atoms with Crippen molar-refractivity contribution in [3.63, 3.8) is 0 Å². The Morgan fingerprint density at radius 1 is 1.00 bits per heavy atom. The highest BCUT2D eigenvalue weighted by molar-refractivity contribution is 5.82. The Morgan fingerprint density at radius 2 is 1.82 bits per heavy atom. The van der Waals surface area contributed by atoms with Crippen LogP contribution in [0.3, 0.4) is 0 Å². The molecule has 1 aromatic heterocycles. The molecule has 1 saturated heterocycles. The molecule has 1 aliphatic heterocycles. The number of hydrogen-bond donors (Lipinski definition) is 3. The maximum absolute atomic E-state index is 12.4. The molecule has 2 heterocycles. The van der Waals surface area contributed by atoms with Gasteiger partial charge in [-0.15, -0.1) is 0 Å². The fraction of sp³-hybridized carbons (Fsp3) is 0.227. The van der Waals surface area contributed by atoms with Gasteiger partial charge in [0.1, 0.15) is 24.2 Å². The molecule has 1 amide bonds. The second-order valence-corrected chi connectivity index (χ2v) is 6.78. The molecule has 2 unspecified atom stereocenters. The zero-order chi connectivity index (χ0) is 19.2. The number of ether oxygens (including phenoxy) is 1. The minimum Gasteiger partial charge on any atom is -0.489 e. The summed E-state index contributed by atoms with van der Waals surface area (Å²) in [5.74, 6) is 1.60. The lowest BCUT2D eigenvalue weighted by molar-refractivity contribution is -0.123. The summed E-state index contributed by atoms with van der Waals surface area (Å²) >= 11 is 0. The van der Waals surface area contributed by atoms with Gasteiger partial charge >= 0.3 is 0 Å². The van der Waals surface area contributed by atoms with Crippen LogP contribution in [0.4, 0.5) is 0 Å². The monoisotopic (exact) mass is 377 g/mol. The van der Waals surface area contributed by atoms with E-state index in [1.54, 1.807) is 6.26 Å². The van der Waals surface area contributed by atoms with Gasteiger partial charge < -0.3 is 14.5 Å². The van der Waals surface area contributed by atoms with Crippen LogP contribution < -0.4 is 20.9 Å². The van der Waals surface area contributed by atoms with E-state index in [4.69, 9.17) is 9.15 Å². The molecule has 2 aromatic carbocycles. The highest BCUT2D eigenvalue weighted by atomic mass is 16.5. The van der Waals surface area contributed by atoms with Gasteiger partial charge in [-0.2, -0.15) is 0 Å². The van der Waals surface area contributed by atoms with Crippen LogP contribution in [0.5, 0.6) is 5.75 Å². The largest absolute Gasteiger partial charge is 0.489 e. The van der Waals surface area contributed by atoms with E-state index in [1.807, 2.05) is 66.7 Å². The molecule has 6 nitrogen and oxygen atoms in total. The normalized spacial score (nSPS) is 18.7. The number of rotatable bonds is 7. The van der Waals surface area contributed by atoms with Gasteiger partial charge in [0, 0.05) is 6.54 Å². The molecule has 0 spiro atoms. The predicted octanol–water partition coefficient (Wildman–Crippen LogP) is 3.08. The smallest absolute Gasteiger partial charge is 0.238 e. The van der Waals surface area contributed by atoms with Crippen LogP contribution in [0.15, 0.2) is 77.4 Å². The third kappa shape index (κ3) is 4.60. The van der Waals surface area contributed by atoms with E-state index in [-0.39, 0.29) is 18.0 Å². The van der Waals surface area contributed by atoms with E-state index in [2.05, 4.69) is 16.2 Å². The summed E-state index contributed by atoms with van der Waals surface area (Å²) in [5, 5.41) is 2.97. The second kappa shape index (κ2) is 8.73. The number of furan rings is 1. The molecule has 3 aromatic rings. The number of hydrogen-bond acceptors (Lipinski definition) is 5. The Labute approximate surface area is 163 Å². The molecule has 4 rings (SSSR count). The molecule has 0 bridgehead atoms. The van der Waals surface area contributed by atoms with Gasteiger partial charge in [-0.1, -0.05) is 42.5 Å². The summed E-state index contributed by atoms with van der Waals surface area (Å²) in [4.78, 5) is 12.4. The molecule has 2 atom stereocenters. The molecular weight excluding hydrogens is 354 g/mol. The van der Waals surface area contributed by atoms with E-state index in [9.17, 15) is 4.79 Å². The molecule has 3 N–H and O–H groups in total. The lowest BCUT2D eigenvalue weighted by atomic mass is 10.1. The molecule has 6 heteroatoms. The van der Waals surface area contributed by atoms with E-state index in [1.165, 1.54) is 0 Å². The number of carbonyl (C=O) groups is 1. The van der Waals surface area contributed by atoms with E-state index >= 15 is 0 Å². The minimum absolute atomic E-state index is 0.00629. The van der Waals surface area contributed by atoms with Gasteiger partial charge in [0.05, 0.1) is 12.3 Å². The van der Waals surface area contributed by atoms with Crippen molar-refractivity contribution in [2.45, 2.75) is 31.7 Å². The lowest BCUT2D eigenvalue weighted by Crippen LogP contribution is -2.42. The Bertz CT molecular complexity index is 879.